The van der Waals surface area contributed by atoms with Crippen molar-refractivity contribution in [3.63, 3.8) is 0 Å². The summed E-state index contributed by atoms with van der Waals surface area (Å²) in [5.41, 5.74) is 0. The van der Waals surface area contributed by atoms with E-state index in [4.69, 9.17) is 4.18 Å². The van der Waals surface area contributed by atoms with E-state index in [1.807, 2.05) is 30.3 Å². The first kappa shape index (κ1) is 14.8. The van der Waals surface area contributed by atoms with Crippen molar-refractivity contribution in [1.29, 1.82) is 0 Å². The molecule has 0 unspecified atom stereocenters. The minimum atomic E-state index is -3.76. The highest BCUT2D eigenvalue weighted by Gasteiger charge is 2.13. The molecule has 0 aromatic heterocycles. The number of rotatable bonds is 7. The van der Waals surface area contributed by atoms with E-state index < -0.39 is 10.3 Å². The van der Waals surface area contributed by atoms with Crippen LogP contribution in [0.5, 0.6) is 5.75 Å². The molecular formula is C15H19NO3S. The Balaban J connectivity index is 2.11. The van der Waals surface area contributed by atoms with Crippen molar-refractivity contribution in [3.8, 4) is 5.75 Å². The minimum absolute atomic E-state index is 0.353. The topological polar surface area (TPSA) is 55.4 Å². The lowest BCUT2D eigenvalue weighted by molar-refractivity contribution is 0.471. The van der Waals surface area contributed by atoms with Gasteiger partial charge in [0.1, 0.15) is 0 Å². The third-order valence-corrected chi connectivity index (χ3v) is 3.96. The van der Waals surface area contributed by atoms with Crippen LogP contribution >= 0.6 is 0 Å². The molecule has 5 heteroatoms. The van der Waals surface area contributed by atoms with Crippen LogP contribution in [0.25, 0.3) is 10.8 Å². The molecule has 0 saturated carbocycles. The quantitative estimate of drug-likeness (QED) is 0.797. The van der Waals surface area contributed by atoms with Crippen molar-refractivity contribution in [2.45, 2.75) is 26.2 Å². The standard InChI is InChI=1S/C15H19NO3S/c1-2-3-6-12-16-20(17,18)19-15-11-7-9-13-8-4-5-10-14(13)15/h4-5,7-11,16H,2-3,6,12H2,1H3. The first-order chi connectivity index (χ1) is 9.62. The minimum Gasteiger partial charge on any atom is -0.370 e. The summed E-state index contributed by atoms with van der Waals surface area (Å²) in [5, 5.41) is 1.74. The van der Waals surface area contributed by atoms with E-state index >= 15 is 0 Å². The summed E-state index contributed by atoms with van der Waals surface area (Å²) in [7, 11) is -3.76. The van der Waals surface area contributed by atoms with Crippen molar-refractivity contribution < 1.29 is 12.6 Å². The number of nitrogens with one attached hydrogen (secondary N) is 1. The van der Waals surface area contributed by atoms with Gasteiger partial charge in [0.15, 0.2) is 5.75 Å². The number of hydrogen-bond donors (Lipinski definition) is 1. The number of fused-ring (bicyclic) bond motifs is 1. The van der Waals surface area contributed by atoms with Crippen molar-refractivity contribution in [1.82, 2.24) is 4.72 Å². The zero-order valence-electron chi connectivity index (χ0n) is 11.5. The molecule has 0 fully saturated rings. The summed E-state index contributed by atoms with van der Waals surface area (Å²) in [6.07, 6.45) is 2.86. The fourth-order valence-electron chi connectivity index (χ4n) is 1.99. The Labute approximate surface area is 120 Å². The number of hydrogen-bond acceptors (Lipinski definition) is 3. The Morgan fingerprint density at radius 3 is 2.60 bits per heavy atom. The summed E-state index contributed by atoms with van der Waals surface area (Å²) in [5.74, 6) is 0.353. The lowest BCUT2D eigenvalue weighted by Gasteiger charge is -2.10. The molecule has 20 heavy (non-hydrogen) atoms. The number of unbranched alkanes of at least 4 members (excludes halogenated alkanes) is 2. The summed E-state index contributed by atoms with van der Waals surface area (Å²) in [4.78, 5) is 0. The van der Waals surface area contributed by atoms with E-state index in [0.717, 1.165) is 30.0 Å². The summed E-state index contributed by atoms with van der Waals surface area (Å²) in [6.45, 7) is 2.47. The van der Waals surface area contributed by atoms with Gasteiger partial charge in [-0.3, -0.25) is 0 Å². The summed E-state index contributed by atoms with van der Waals surface area (Å²) >= 11 is 0. The van der Waals surface area contributed by atoms with Gasteiger partial charge in [0.2, 0.25) is 0 Å². The molecular weight excluding hydrogens is 274 g/mol. The van der Waals surface area contributed by atoms with E-state index in [1.165, 1.54) is 0 Å². The smallest absolute Gasteiger partial charge is 0.370 e. The molecule has 0 radical (unpaired) electrons. The third kappa shape index (κ3) is 3.95. The zero-order chi connectivity index (χ0) is 14.4. The van der Waals surface area contributed by atoms with Crippen LogP contribution in [0, 0.1) is 0 Å². The van der Waals surface area contributed by atoms with Crippen LogP contribution in [0.1, 0.15) is 26.2 Å². The molecule has 2 rings (SSSR count). The maximum atomic E-state index is 11.9. The summed E-state index contributed by atoms with van der Waals surface area (Å²) in [6, 6.07) is 12.9. The van der Waals surface area contributed by atoms with E-state index in [1.54, 1.807) is 12.1 Å². The van der Waals surface area contributed by atoms with Gasteiger partial charge in [-0.2, -0.15) is 13.1 Å². The first-order valence-electron chi connectivity index (χ1n) is 6.79. The summed E-state index contributed by atoms with van der Waals surface area (Å²) < 4.78 is 31.4. The van der Waals surface area contributed by atoms with Gasteiger partial charge in [-0.05, 0) is 17.9 Å². The van der Waals surface area contributed by atoms with E-state index in [9.17, 15) is 8.42 Å². The highest BCUT2D eigenvalue weighted by atomic mass is 32.2. The molecule has 0 spiro atoms. The van der Waals surface area contributed by atoms with Crippen LogP contribution in [0.4, 0.5) is 0 Å². The Kier molecular flexibility index (Phi) is 4.98. The molecule has 0 aliphatic carbocycles. The molecule has 0 heterocycles. The molecule has 0 amide bonds. The maximum Gasteiger partial charge on any atom is 0.382 e. The maximum absolute atomic E-state index is 11.9. The van der Waals surface area contributed by atoms with E-state index in [2.05, 4.69) is 11.6 Å². The molecule has 0 aliphatic rings. The van der Waals surface area contributed by atoms with Crippen LogP contribution in [-0.4, -0.2) is 15.0 Å². The molecule has 108 valence electrons. The lowest BCUT2D eigenvalue weighted by atomic mass is 10.1. The van der Waals surface area contributed by atoms with E-state index in [0.29, 0.717) is 12.3 Å². The average molecular weight is 293 g/mol. The molecule has 2 aromatic carbocycles. The van der Waals surface area contributed by atoms with E-state index in [-0.39, 0.29) is 0 Å². The van der Waals surface area contributed by atoms with Crippen molar-refractivity contribution in [3.05, 3.63) is 42.5 Å². The van der Waals surface area contributed by atoms with Crippen LogP contribution in [0.15, 0.2) is 42.5 Å². The molecule has 0 saturated heterocycles. The Morgan fingerprint density at radius 1 is 1.05 bits per heavy atom. The van der Waals surface area contributed by atoms with Crippen LogP contribution < -0.4 is 8.91 Å². The molecule has 0 aliphatic heterocycles. The van der Waals surface area contributed by atoms with Crippen LogP contribution in [0.3, 0.4) is 0 Å². The van der Waals surface area contributed by atoms with Gasteiger partial charge in [-0.15, -0.1) is 0 Å². The highest BCUT2D eigenvalue weighted by Crippen LogP contribution is 2.25. The van der Waals surface area contributed by atoms with Gasteiger partial charge in [0, 0.05) is 11.9 Å². The molecule has 2 aromatic rings. The second kappa shape index (κ2) is 6.72. The Hall–Kier alpha value is -1.59. The van der Waals surface area contributed by atoms with Crippen molar-refractivity contribution in [2.24, 2.45) is 0 Å². The first-order valence-corrected chi connectivity index (χ1v) is 8.20. The zero-order valence-corrected chi connectivity index (χ0v) is 12.3. The molecule has 4 nitrogen and oxygen atoms in total. The predicted molar refractivity (Wildman–Crippen MR) is 81.0 cm³/mol. The van der Waals surface area contributed by atoms with Gasteiger partial charge in [0.25, 0.3) is 0 Å². The fraction of sp³-hybridized carbons (Fsp3) is 0.333. The Morgan fingerprint density at radius 2 is 1.80 bits per heavy atom. The Bertz CT molecular complexity index is 662. The van der Waals surface area contributed by atoms with Crippen LogP contribution in [-0.2, 0) is 10.3 Å². The van der Waals surface area contributed by atoms with Crippen molar-refractivity contribution >= 4 is 21.1 Å². The second-order valence-corrected chi connectivity index (χ2v) is 5.98. The molecule has 1 N–H and O–H groups in total. The largest absolute Gasteiger partial charge is 0.382 e. The third-order valence-electron chi connectivity index (χ3n) is 3.01. The normalized spacial score (nSPS) is 11.7. The van der Waals surface area contributed by atoms with Gasteiger partial charge in [-0.25, -0.2) is 0 Å². The van der Waals surface area contributed by atoms with Gasteiger partial charge in [-0.1, -0.05) is 56.2 Å². The molecule has 0 atom stereocenters. The number of benzene rings is 2. The predicted octanol–water partition coefficient (Wildman–Crippen LogP) is 3.24. The highest BCUT2D eigenvalue weighted by molar-refractivity contribution is 7.85. The fourth-order valence-corrected chi connectivity index (χ4v) is 2.82. The van der Waals surface area contributed by atoms with Gasteiger partial charge >= 0.3 is 10.3 Å². The second-order valence-electron chi connectivity index (χ2n) is 4.62. The SMILES string of the molecule is CCCCCNS(=O)(=O)Oc1cccc2ccccc12. The van der Waals surface area contributed by atoms with Crippen LogP contribution in [0.2, 0.25) is 0 Å². The lowest BCUT2D eigenvalue weighted by Crippen LogP contribution is -2.29. The van der Waals surface area contributed by atoms with Crippen molar-refractivity contribution in [2.75, 3.05) is 6.54 Å². The monoisotopic (exact) mass is 293 g/mol. The average Bonchev–Trinajstić information content (AvgIpc) is 2.44. The van der Waals surface area contributed by atoms with Gasteiger partial charge in [0.05, 0.1) is 0 Å². The molecule has 0 bridgehead atoms. The van der Waals surface area contributed by atoms with Gasteiger partial charge < -0.3 is 4.18 Å².